The van der Waals surface area contributed by atoms with Crippen LogP contribution in [-0.2, 0) is 6.54 Å². The minimum atomic E-state index is -0.928. The van der Waals surface area contributed by atoms with Crippen molar-refractivity contribution >= 4 is 5.91 Å². The van der Waals surface area contributed by atoms with E-state index in [1.807, 2.05) is 55.1 Å². The van der Waals surface area contributed by atoms with Gasteiger partial charge in [0.1, 0.15) is 0 Å². The molecule has 148 valence electrons. The average Bonchev–Trinajstić information content (AvgIpc) is 3.44. The van der Waals surface area contributed by atoms with Crippen molar-refractivity contribution in [3.05, 3.63) is 47.5 Å². The Morgan fingerprint density at radius 1 is 1.11 bits per heavy atom. The molecule has 0 radical (unpaired) electrons. The Morgan fingerprint density at radius 2 is 1.82 bits per heavy atom. The van der Waals surface area contributed by atoms with Crippen LogP contribution in [0.2, 0.25) is 0 Å². The molecule has 4 rings (SSSR count). The summed E-state index contributed by atoms with van der Waals surface area (Å²) < 4.78 is 10.8. The van der Waals surface area contributed by atoms with Crippen LogP contribution in [0.3, 0.4) is 0 Å². The Hall–Kier alpha value is -2.53. The molecule has 2 aliphatic rings. The zero-order chi connectivity index (χ0) is 20.1. The highest BCUT2D eigenvalue weighted by atomic mass is 16.5. The smallest absolute Gasteiger partial charge is 0.255 e. The third-order valence-electron chi connectivity index (χ3n) is 5.79. The van der Waals surface area contributed by atoms with Gasteiger partial charge >= 0.3 is 0 Å². The summed E-state index contributed by atoms with van der Waals surface area (Å²) in [5, 5.41) is 10.7. The second kappa shape index (κ2) is 6.82. The van der Waals surface area contributed by atoms with E-state index >= 15 is 0 Å². The molecule has 1 saturated carbocycles. The lowest BCUT2D eigenvalue weighted by molar-refractivity contribution is -0.0224. The molecule has 0 saturated heterocycles. The summed E-state index contributed by atoms with van der Waals surface area (Å²) >= 11 is 0. The number of amides is 1. The summed E-state index contributed by atoms with van der Waals surface area (Å²) in [6.45, 7) is 4.16. The van der Waals surface area contributed by atoms with E-state index < -0.39 is 5.60 Å². The molecule has 0 spiro atoms. The maximum Gasteiger partial charge on any atom is 0.255 e. The maximum atomic E-state index is 13.4. The van der Waals surface area contributed by atoms with Crippen molar-refractivity contribution in [1.29, 1.82) is 0 Å². The second-order valence-corrected chi connectivity index (χ2v) is 8.28. The normalized spacial score (nSPS) is 17.5. The minimum Gasteiger partial charge on any atom is -0.493 e. The summed E-state index contributed by atoms with van der Waals surface area (Å²) in [7, 11) is 3.21. The predicted molar refractivity (Wildman–Crippen MR) is 108 cm³/mol. The molecule has 5 heteroatoms. The highest BCUT2D eigenvalue weighted by molar-refractivity contribution is 6.05. The maximum absolute atomic E-state index is 13.4. The van der Waals surface area contributed by atoms with Gasteiger partial charge in [-0.2, -0.15) is 0 Å². The molecule has 2 aromatic rings. The minimum absolute atomic E-state index is 0.000546. The fourth-order valence-corrected chi connectivity index (χ4v) is 4.48. The van der Waals surface area contributed by atoms with E-state index in [4.69, 9.17) is 9.47 Å². The van der Waals surface area contributed by atoms with Crippen LogP contribution in [-0.4, -0.2) is 41.8 Å². The quantitative estimate of drug-likeness (QED) is 0.825. The third-order valence-corrected chi connectivity index (χ3v) is 5.79. The number of ether oxygens (including phenoxy) is 2. The lowest BCUT2D eigenvalue weighted by atomic mass is 9.92. The topological polar surface area (TPSA) is 59.0 Å². The summed E-state index contributed by atoms with van der Waals surface area (Å²) in [4.78, 5) is 15.3. The molecule has 0 unspecified atom stereocenters. The molecule has 1 atom stereocenters. The number of hydrogen-bond donors (Lipinski definition) is 1. The lowest BCUT2D eigenvalue weighted by Gasteiger charge is -2.37. The van der Waals surface area contributed by atoms with E-state index in [1.165, 1.54) is 0 Å². The molecule has 2 aromatic carbocycles. The van der Waals surface area contributed by atoms with E-state index in [0.29, 0.717) is 24.0 Å². The van der Waals surface area contributed by atoms with Gasteiger partial charge in [0, 0.05) is 6.54 Å². The van der Waals surface area contributed by atoms with Gasteiger partial charge in [-0.25, -0.2) is 0 Å². The highest BCUT2D eigenvalue weighted by Crippen LogP contribution is 2.44. The van der Waals surface area contributed by atoms with Gasteiger partial charge in [0.25, 0.3) is 5.91 Å². The SMILES string of the molecule is COc1ccc(-c2cccc3c2C(=O)N([C@H](C2CC2)C(C)(C)O)C3)cc1OC. The molecule has 5 nitrogen and oxygen atoms in total. The van der Waals surface area contributed by atoms with Crippen molar-refractivity contribution in [3.8, 4) is 22.6 Å². The fraction of sp³-hybridized carbons (Fsp3) is 0.435. The van der Waals surface area contributed by atoms with Crippen molar-refractivity contribution in [3.63, 3.8) is 0 Å². The zero-order valence-corrected chi connectivity index (χ0v) is 16.9. The molecule has 0 aromatic heterocycles. The molecule has 1 heterocycles. The Bertz CT molecular complexity index is 911. The van der Waals surface area contributed by atoms with E-state index in [9.17, 15) is 9.90 Å². The number of rotatable bonds is 6. The lowest BCUT2D eigenvalue weighted by Crippen LogP contribution is -2.51. The molecule has 1 aliphatic heterocycles. The van der Waals surface area contributed by atoms with Crippen molar-refractivity contribution in [2.45, 2.75) is 44.9 Å². The van der Waals surface area contributed by atoms with Gasteiger partial charge < -0.3 is 19.5 Å². The van der Waals surface area contributed by atoms with Crippen molar-refractivity contribution < 1.29 is 19.4 Å². The first-order valence-corrected chi connectivity index (χ1v) is 9.72. The van der Waals surface area contributed by atoms with Crippen molar-refractivity contribution in [2.75, 3.05) is 14.2 Å². The average molecular weight is 381 g/mol. The summed E-state index contributed by atoms with van der Waals surface area (Å²) in [5.74, 6) is 1.66. The Labute approximate surface area is 165 Å². The standard InChI is InChI=1S/C23H27NO4/c1-23(2,26)21(14-8-9-14)24-13-16-6-5-7-17(20(16)22(24)25)15-10-11-18(27-3)19(12-15)28-4/h5-7,10-12,14,21,26H,8-9,13H2,1-4H3/t21-/m1/s1. The highest BCUT2D eigenvalue weighted by Gasteiger charge is 2.48. The number of hydrogen-bond acceptors (Lipinski definition) is 4. The van der Waals surface area contributed by atoms with Gasteiger partial charge in [-0.1, -0.05) is 24.3 Å². The molecule has 1 aliphatic carbocycles. The third kappa shape index (κ3) is 3.14. The second-order valence-electron chi connectivity index (χ2n) is 8.28. The largest absolute Gasteiger partial charge is 0.493 e. The molecular weight excluding hydrogens is 354 g/mol. The predicted octanol–water partition coefficient (Wildman–Crippen LogP) is 3.88. The number of fused-ring (bicyclic) bond motifs is 1. The van der Waals surface area contributed by atoms with Gasteiger partial charge in [0.2, 0.25) is 0 Å². The van der Waals surface area contributed by atoms with Crippen molar-refractivity contribution in [2.24, 2.45) is 5.92 Å². The number of nitrogens with zero attached hydrogens (tertiary/aromatic N) is 1. The first-order valence-electron chi connectivity index (χ1n) is 9.72. The van der Waals surface area contributed by atoms with E-state index in [0.717, 1.165) is 35.1 Å². The van der Waals surface area contributed by atoms with Crippen LogP contribution >= 0.6 is 0 Å². The summed E-state index contributed by atoms with van der Waals surface area (Å²) in [5.41, 5.74) is 2.60. The van der Waals surface area contributed by atoms with Gasteiger partial charge in [-0.3, -0.25) is 4.79 Å². The van der Waals surface area contributed by atoms with E-state index in [-0.39, 0.29) is 11.9 Å². The van der Waals surface area contributed by atoms with Crippen LogP contribution in [0.15, 0.2) is 36.4 Å². The van der Waals surface area contributed by atoms with Crippen LogP contribution in [0.1, 0.15) is 42.6 Å². The monoisotopic (exact) mass is 381 g/mol. The zero-order valence-electron chi connectivity index (χ0n) is 16.9. The molecule has 1 fully saturated rings. The Morgan fingerprint density at radius 3 is 2.43 bits per heavy atom. The first kappa shape index (κ1) is 18.8. The Kier molecular flexibility index (Phi) is 4.58. The fourth-order valence-electron chi connectivity index (χ4n) is 4.48. The summed E-state index contributed by atoms with van der Waals surface area (Å²) in [6, 6.07) is 11.5. The van der Waals surface area contributed by atoms with Crippen LogP contribution in [0, 0.1) is 5.92 Å². The van der Waals surface area contributed by atoms with Gasteiger partial charge in [0.15, 0.2) is 11.5 Å². The van der Waals surface area contributed by atoms with E-state index in [2.05, 4.69) is 0 Å². The van der Waals surface area contributed by atoms with Gasteiger partial charge in [-0.05, 0) is 61.4 Å². The molecule has 1 amide bonds. The van der Waals surface area contributed by atoms with Crippen LogP contribution in [0.5, 0.6) is 11.5 Å². The number of aliphatic hydroxyl groups is 1. The van der Waals surface area contributed by atoms with Crippen LogP contribution in [0.25, 0.3) is 11.1 Å². The molecule has 0 bridgehead atoms. The molecule has 28 heavy (non-hydrogen) atoms. The van der Waals surface area contributed by atoms with Crippen molar-refractivity contribution in [1.82, 2.24) is 4.90 Å². The number of carbonyl (C=O) groups excluding carboxylic acids is 1. The first-order chi connectivity index (χ1) is 13.3. The molecular formula is C23H27NO4. The van der Waals surface area contributed by atoms with Crippen LogP contribution in [0.4, 0.5) is 0 Å². The number of methoxy groups -OCH3 is 2. The van der Waals surface area contributed by atoms with Gasteiger partial charge in [0.05, 0.1) is 31.4 Å². The number of benzene rings is 2. The Balaban J connectivity index is 1.75. The van der Waals surface area contributed by atoms with Gasteiger partial charge in [-0.15, -0.1) is 0 Å². The summed E-state index contributed by atoms with van der Waals surface area (Å²) in [6.07, 6.45) is 2.13. The van der Waals surface area contributed by atoms with Crippen LogP contribution < -0.4 is 9.47 Å². The van der Waals surface area contributed by atoms with E-state index in [1.54, 1.807) is 14.2 Å². The number of carbonyl (C=O) groups is 1. The molecule has 1 N–H and O–H groups in total.